The highest BCUT2D eigenvalue weighted by Gasteiger charge is 2.07. The predicted molar refractivity (Wildman–Crippen MR) is 110 cm³/mol. The molecule has 0 aliphatic heterocycles. The molecule has 0 unspecified atom stereocenters. The van der Waals surface area contributed by atoms with Gasteiger partial charge < -0.3 is 22.1 Å². The summed E-state index contributed by atoms with van der Waals surface area (Å²) < 4.78 is 0. The van der Waals surface area contributed by atoms with Crippen LogP contribution in [0.1, 0.15) is 25.5 Å². The second kappa shape index (κ2) is 12.3. The highest BCUT2D eigenvalue weighted by atomic mass is 35.5. The van der Waals surface area contributed by atoms with Gasteiger partial charge in [0.1, 0.15) is 5.69 Å². The number of halogens is 2. The van der Waals surface area contributed by atoms with Crippen molar-refractivity contribution in [1.82, 2.24) is 20.6 Å². The molecule has 144 valence electrons. The lowest BCUT2D eigenvalue weighted by Crippen LogP contribution is -2.31. The van der Waals surface area contributed by atoms with E-state index in [-0.39, 0.29) is 31.4 Å². The molecule has 8 nitrogen and oxygen atoms in total. The maximum atomic E-state index is 10.8. The van der Waals surface area contributed by atoms with Gasteiger partial charge in [0.05, 0.1) is 17.9 Å². The molecule has 0 saturated heterocycles. The van der Waals surface area contributed by atoms with Crippen molar-refractivity contribution in [2.75, 3.05) is 6.54 Å². The Morgan fingerprint density at radius 3 is 2.65 bits per heavy atom. The maximum absolute atomic E-state index is 10.8. The number of urea groups is 1. The van der Waals surface area contributed by atoms with Gasteiger partial charge in [-0.2, -0.15) is 4.99 Å². The lowest BCUT2D eigenvalue weighted by atomic mass is 10.2. The number of carbonyl (C=O) groups is 1. The number of rotatable bonds is 7. The van der Waals surface area contributed by atoms with Crippen LogP contribution < -0.4 is 22.1 Å². The third kappa shape index (κ3) is 7.85. The second-order valence-electron chi connectivity index (χ2n) is 5.02. The fraction of sp³-hybridized carbons (Fsp3) is 0.333. The van der Waals surface area contributed by atoms with Crippen LogP contribution in [0.3, 0.4) is 0 Å². The van der Waals surface area contributed by atoms with Crippen molar-refractivity contribution in [3.05, 3.63) is 29.3 Å². The van der Waals surface area contributed by atoms with Crippen LogP contribution in [0.25, 0.3) is 11.4 Å². The van der Waals surface area contributed by atoms with Gasteiger partial charge >= 0.3 is 6.03 Å². The number of aromatic nitrogens is 2. The Morgan fingerprint density at radius 1 is 1.19 bits per heavy atom. The van der Waals surface area contributed by atoms with Gasteiger partial charge in [-0.1, -0.05) is 19.4 Å². The topological polar surface area (TPSA) is 131 Å². The Kier molecular flexibility index (Phi) is 11.3. The number of nitrogens with zero attached hydrogens (tertiary/aromatic N) is 3. The van der Waals surface area contributed by atoms with Gasteiger partial charge in [-0.25, -0.2) is 14.8 Å². The number of aliphatic imine (C=N–C) groups is 1. The van der Waals surface area contributed by atoms with Crippen LogP contribution in [0, 0.1) is 0 Å². The van der Waals surface area contributed by atoms with Crippen molar-refractivity contribution in [2.45, 2.75) is 26.3 Å². The van der Waals surface area contributed by atoms with E-state index in [0.717, 1.165) is 19.4 Å². The normalized spacial score (nSPS) is 10.4. The van der Waals surface area contributed by atoms with Crippen molar-refractivity contribution >= 4 is 53.3 Å². The van der Waals surface area contributed by atoms with Gasteiger partial charge in [0.15, 0.2) is 5.96 Å². The largest absolute Gasteiger partial charge is 0.370 e. The Morgan fingerprint density at radius 2 is 1.96 bits per heavy atom. The van der Waals surface area contributed by atoms with E-state index >= 15 is 0 Å². The molecule has 2 heterocycles. The minimum atomic E-state index is -0.585. The summed E-state index contributed by atoms with van der Waals surface area (Å²) in [6.45, 7) is 3.18. The van der Waals surface area contributed by atoms with E-state index in [1.165, 1.54) is 11.3 Å². The van der Waals surface area contributed by atoms with Crippen LogP contribution in [-0.4, -0.2) is 28.5 Å². The number of hydrogen-bond acceptors (Lipinski definition) is 5. The molecule has 2 aromatic rings. The van der Waals surface area contributed by atoms with Crippen LogP contribution in [-0.2, 0) is 6.54 Å². The Balaban J connectivity index is 0.00000312. The minimum absolute atomic E-state index is 0. The third-order valence-electron chi connectivity index (χ3n) is 3.06. The van der Waals surface area contributed by atoms with E-state index in [1.54, 1.807) is 6.07 Å². The molecule has 2 amide bonds. The van der Waals surface area contributed by atoms with Gasteiger partial charge in [-0.15, -0.1) is 36.2 Å². The molecule has 2 rings (SSSR count). The van der Waals surface area contributed by atoms with Crippen molar-refractivity contribution in [3.63, 3.8) is 0 Å². The third-order valence-corrected chi connectivity index (χ3v) is 3.79. The molecule has 0 aliphatic carbocycles. The maximum Gasteiger partial charge on any atom is 0.312 e. The number of unbranched alkanes of at least 4 members (excludes halogenated alkanes) is 1. The highest BCUT2D eigenvalue weighted by molar-refractivity contribution is 7.13. The zero-order valence-corrected chi connectivity index (χ0v) is 16.7. The van der Waals surface area contributed by atoms with E-state index in [2.05, 4.69) is 32.5 Å². The van der Waals surface area contributed by atoms with Crippen LogP contribution in [0.4, 0.5) is 9.93 Å². The van der Waals surface area contributed by atoms with Crippen LogP contribution in [0.2, 0.25) is 0 Å². The minimum Gasteiger partial charge on any atom is -0.370 e. The number of nitrogens with two attached hydrogens (primary N) is 2. The van der Waals surface area contributed by atoms with Crippen molar-refractivity contribution < 1.29 is 4.79 Å². The van der Waals surface area contributed by atoms with E-state index in [1.807, 2.05) is 17.5 Å². The Hall–Kier alpha value is -2.10. The van der Waals surface area contributed by atoms with Crippen molar-refractivity contribution in [1.29, 1.82) is 0 Å². The zero-order valence-electron chi connectivity index (χ0n) is 14.3. The van der Waals surface area contributed by atoms with E-state index < -0.39 is 6.03 Å². The van der Waals surface area contributed by atoms with Crippen molar-refractivity contribution in [3.8, 4) is 11.4 Å². The molecule has 0 aromatic carbocycles. The molecule has 0 atom stereocenters. The lowest BCUT2D eigenvalue weighted by molar-refractivity contribution is 0.248. The Bertz CT molecular complexity index is 724. The summed E-state index contributed by atoms with van der Waals surface area (Å²) in [5.74, 6) is 0.358. The fourth-order valence-corrected chi connectivity index (χ4v) is 2.56. The number of amides is 2. The average molecular weight is 420 g/mol. The van der Waals surface area contributed by atoms with Gasteiger partial charge in [0, 0.05) is 11.9 Å². The molecular formula is C15H23Cl2N7OS. The zero-order chi connectivity index (χ0) is 17.4. The summed E-state index contributed by atoms with van der Waals surface area (Å²) in [7, 11) is 0. The first-order valence-electron chi connectivity index (χ1n) is 7.61. The SMILES string of the molecule is CCCCN/C(N)=N/c1nc(-c2cccc(CNC(N)=O)n2)cs1.Cl.Cl. The first-order valence-corrected chi connectivity index (χ1v) is 8.49. The molecule has 6 N–H and O–H groups in total. The van der Waals surface area contributed by atoms with Gasteiger partial charge in [0.25, 0.3) is 0 Å². The van der Waals surface area contributed by atoms with Crippen molar-refractivity contribution in [2.24, 2.45) is 16.5 Å². The second-order valence-corrected chi connectivity index (χ2v) is 5.86. The number of carbonyl (C=O) groups excluding carboxylic acids is 1. The molecule has 0 saturated carbocycles. The highest BCUT2D eigenvalue weighted by Crippen LogP contribution is 2.25. The lowest BCUT2D eigenvalue weighted by Gasteiger charge is -2.03. The van der Waals surface area contributed by atoms with E-state index in [0.29, 0.717) is 28.2 Å². The molecule has 0 fully saturated rings. The summed E-state index contributed by atoms with van der Waals surface area (Å²) in [6, 6.07) is 4.92. The number of hydrogen-bond donors (Lipinski definition) is 4. The monoisotopic (exact) mass is 419 g/mol. The molecule has 0 spiro atoms. The molecule has 26 heavy (non-hydrogen) atoms. The summed E-state index contributed by atoms with van der Waals surface area (Å²) in [5, 5.41) is 7.98. The standard InChI is InChI=1S/C15H21N7OS.2ClH/c1-2-3-7-18-13(16)22-15-21-12(9-24-15)11-6-4-5-10(20-11)8-19-14(17)23;;/h4-6,9H,2-3,7-8H2,1H3,(H3,17,19,23)(H3,16,18,21,22);2*1H. The summed E-state index contributed by atoms with van der Waals surface area (Å²) >= 11 is 1.39. The number of guanidine groups is 1. The number of pyridine rings is 1. The smallest absolute Gasteiger partial charge is 0.312 e. The molecule has 0 bridgehead atoms. The number of nitrogens with one attached hydrogen (secondary N) is 2. The molecule has 0 radical (unpaired) electrons. The predicted octanol–water partition coefficient (Wildman–Crippen LogP) is 2.55. The van der Waals surface area contributed by atoms with Crippen LogP contribution >= 0.6 is 36.2 Å². The molecule has 0 aliphatic rings. The first-order chi connectivity index (χ1) is 11.6. The number of primary amides is 1. The van der Waals surface area contributed by atoms with Crippen LogP contribution in [0.15, 0.2) is 28.6 Å². The summed E-state index contributed by atoms with van der Waals surface area (Å²) in [5.41, 5.74) is 13.0. The van der Waals surface area contributed by atoms with Gasteiger partial charge in [-0.3, -0.25) is 0 Å². The quantitative estimate of drug-likeness (QED) is 0.311. The molecular weight excluding hydrogens is 397 g/mol. The average Bonchev–Trinajstić information content (AvgIpc) is 3.02. The van der Waals surface area contributed by atoms with E-state index in [9.17, 15) is 4.79 Å². The molecule has 11 heteroatoms. The Labute approximate surface area is 168 Å². The first kappa shape index (κ1) is 23.9. The van der Waals surface area contributed by atoms with Crippen LogP contribution in [0.5, 0.6) is 0 Å². The fourth-order valence-electron chi connectivity index (χ4n) is 1.87. The van der Waals surface area contributed by atoms with Gasteiger partial charge in [-0.05, 0) is 18.6 Å². The summed E-state index contributed by atoms with van der Waals surface area (Å²) in [4.78, 5) is 23.9. The van der Waals surface area contributed by atoms with Gasteiger partial charge in [0.2, 0.25) is 5.13 Å². The molecule has 2 aromatic heterocycles. The number of thiazole rings is 1. The summed E-state index contributed by atoms with van der Waals surface area (Å²) in [6.07, 6.45) is 2.13. The van der Waals surface area contributed by atoms with E-state index in [4.69, 9.17) is 11.5 Å².